The molecule has 8 nitrogen and oxygen atoms in total. The fourth-order valence-corrected chi connectivity index (χ4v) is 4.94. The SMILES string of the molecule is COc1cccc(/C=C(\NC(=O)c2ccccc2)C(=O)Nc2ccc(SCC(=O)Nc3ccccc3Br)cc2)c1OC. The van der Waals surface area contributed by atoms with E-state index in [0.29, 0.717) is 34.0 Å². The second-order valence-corrected chi connectivity index (χ2v) is 10.7. The van der Waals surface area contributed by atoms with E-state index in [1.165, 1.54) is 32.1 Å². The minimum absolute atomic E-state index is 0.0117. The first-order valence-electron chi connectivity index (χ1n) is 12.8. The molecule has 0 aliphatic carbocycles. The van der Waals surface area contributed by atoms with Crippen LogP contribution in [0.2, 0.25) is 0 Å². The fourth-order valence-electron chi connectivity index (χ4n) is 3.85. The maximum Gasteiger partial charge on any atom is 0.272 e. The number of halogens is 1. The molecule has 0 aliphatic heterocycles. The first-order chi connectivity index (χ1) is 20.4. The largest absolute Gasteiger partial charge is 0.493 e. The third-order valence-electron chi connectivity index (χ3n) is 5.89. The highest BCUT2D eigenvalue weighted by molar-refractivity contribution is 9.10. The smallest absolute Gasteiger partial charge is 0.272 e. The number of benzene rings is 4. The molecule has 0 saturated heterocycles. The molecule has 3 amide bonds. The number of hydrogen-bond acceptors (Lipinski definition) is 6. The van der Waals surface area contributed by atoms with Crippen LogP contribution < -0.4 is 25.4 Å². The van der Waals surface area contributed by atoms with Crippen LogP contribution in [0.25, 0.3) is 6.08 Å². The zero-order chi connectivity index (χ0) is 29.9. The van der Waals surface area contributed by atoms with Crippen LogP contribution in [0, 0.1) is 0 Å². The molecule has 0 aromatic heterocycles. The van der Waals surface area contributed by atoms with Crippen LogP contribution in [-0.2, 0) is 9.59 Å². The van der Waals surface area contributed by atoms with E-state index in [9.17, 15) is 14.4 Å². The van der Waals surface area contributed by atoms with Crippen molar-refractivity contribution in [1.82, 2.24) is 5.32 Å². The summed E-state index contributed by atoms with van der Waals surface area (Å²) in [6.45, 7) is 0. The van der Waals surface area contributed by atoms with Crippen LogP contribution in [-0.4, -0.2) is 37.7 Å². The number of para-hydroxylation sites is 2. The summed E-state index contributed by atoms with van der Waals surface area (Å²) in [5, 5.41) is 8.42. The number of carbonyl (C=O) groups is 3. The summed E-state index contributed by atoms with van der Waals surface area (Å²) in [5.41, 5.74) is 2.18. The van der Waals surface area contributed by atoms with Crippen LogP contribution in [0.5, 0.6) is 11.5 Å². The van der Waals surface area contributed by atoms with Gasteiger partial charge in [0.25, 0.3) is 11.8 Å². The summed E-state index contributed by atoms with van der Waals surface area (Å²) in [7, 11) is 3.02. The van der Waals surface area contributed by atoms with Gasteiger partial charge in [-0.2, -0.15) is 0 Å². The summed E-state index contributed by atoms with van der Waals surface area (Å²) in [4.78, 5) is 39.6. The molecule has 0 atom stereocenters. The van der Waals surface area contributed by atoms with Crippen molar-refractivity contribution in [3.8, 4) is 11.5 Å². The van der Waals surface area contributed by atoms with Gasteiger partial charge in [0.1, 0.15) is 5.70 Å². The van der Waals surface area contributed by atoms with Gasteiger partial charge in [-0.3, -0.25) is 14.4 Å². The van der Waals surface area contributed by atoms with Gasteiger partial charge in [0.05, 0.1) is 25.7 Å². The predicted octanol–water partition coefficient (Wildman–Crippen LogP) is 6.61. The molecule has 4 aromatic carbocycles. The van der Waals surface area contributed by atoms with Gasteiger partial charge in [0, 0.05) is 26.2 Å². The minimum Gasteiger partial charge on any atom is -0.493 e. The Kier molecular flexibility index (Phi) is 10.8. The van der Waals surface area contributed by atoms with Gasteiger partial charge in [0.2, 0.25) is 5.91 Å². The maximum absolute atomic E-state index is 13.4. The van der Waals surface area contributed by atoms with Crippen LogP contribution in [0.4, 0.5) is 11.4 Å². The first kappa shape index (κ1) is 30.4. The number of methoxy groups -OCH3 is 2. The summed E-state index contributed by atoms with van der Waals surface area (Å²) in [6.07, 6.45) is 1.53. The van der Waals surface area contributed by atoms with E-state index in [-0.39, 0.29) is 17.4 Å². The topological polar surface area (TPSA) is 106 Å². The second kappa shape index (κ2) is 14.9. The van der Waals surface area contributed by atoms with Gasteiger partial charge in [-0.25, -0.2) is 0 Å². The molecular formula is C32H28BrN3O5S. The van der Waals surface area contributed by atoms with Gasteiger partial charge in [-0.05, 0) is 76.6 Å². The maximum atomic E-state index is 13.4. The number of carbonyl (C=O) groups excluding carboxylic acids is 3. The van der Waals surface area contributed by atoms with Crippen molar-refractivity contribution >= 4 is 62.9 Å². The zero-order valence-electron chi connectivity index (χ0n) is 22.8. The highest BCUT2D eigenvalue weighted by Gasteiger charge is 2.17. The Morgan fingerprint density at radius 2 is 1.52 bits per heavy atom. The zero-order valence-corrected chi connectivity index (χ0v) is 25.3. The van der Waals surface area contributed by atoms with Crippen molar-refractivity contribution in [2.75, 3.05) is 30.6 Å². The Balaban J connectivity index is 1.47. The Labute approximate surface area is 256 Å². The van der Waals surface area contributed by atoms with Gasteiger partial charge >= 0.3 is 0 Å². The van der Waals surface area contributed by atoms with E-state index in [2.05, 4.69) is 31.9 Å². The van der Waals surface area contributed by atoms with E-state index < -0.39 is 11.8 Å². The van der Waals surface area contributed by atoms with E-state index in [0.717, 1.165) is 9.37 Å². The second-order valence-electron chi connectivity index (χ2n) is 8.76. The quantitative estimate of drug-likeness (QED) is 0.125. The molecule has 0 unspecified atom stereocenters. The van der Waals surface area contributed by atoms with Crippen LogP contribution in [0.15, 0.2) is 112 Å². The average Bonchev–Trinajstić information content (AvgIpc) is 3.01. The lowest BCUT2D eigenvalue weighted by molar-refractivity contribution is -0.114. The standard InChI is InChI=1S/C32H28BrN3O5S/c1-40-28-14-8-11-22(30(28)41-2)19-27(36-31(38)21-9-4-3-5-10-21)32(39)34-23-15-17-24(18-16-23)42-20-29(37)35-26-13-7-6-12-25(26)33/h3-19H,20H2,1-2H3,(H,34,39)(H,35,37)(H,36,38)/b27-19-. The van der Waals surface area contributed by atoms with Gasteiger partial charge in [-0.15, -0.1) is 11.8 Å². The molecule has 214 valence electrons. The molecule has 0 radical (unpaired) electrons. The van der Waals surface area contributed by atoms with Crippen molar-refractivity contribution < 1.29 is 23.9 Å². The summed E-state index contributed by atoms with van der Waals surface area (Å²) in [6, 6.07) is 28.3. The number of anilines is 2. The highest BCUT2D eigenvalue weighted by Crippen LogP contribution is 2.32. The van der Waals surface area contributed by atoms with E-state index in [1.807, 2.05) is 36.4 Å². The lowest BCUT2D eigenvalue weighted by Gasteiger charge is -2.14. The Bertz CT molecular complexity index is 1590. The Morgan fingerprint density at radius 3 is 2.21 bits per heavy atom. The minimum atomic E-state index is -0.530. The molecule has 0 bridgehead atoms. The molecule has 10 heteroatoms. The summed E-state index contributed by atoms with van der Waals surface area (Å²) in [5.74, 6) is 0.0150. The molecule has 4 rings (SSSR count). The van der Waals surface area contributed by atoms with E-state index in [1.54, 1.807) is 60.7 Å². The third kappa shape index (κ3) is 8.25. The number of ether oxygens (including phenoxy) is 2. The number of hydrogen-bond donors (Lipinski definition) is 3. The lowest BCUT2D eigenvalue weighted by Crippen LogP contribution is -2.30. The number of thioether (sulfide) groups is 1. The molecule has 4 aromatic rings. The first-order valence-corrected chi connectivity index (χ1v) is 14.5. The van der Waals surface area contributed by atoms with Gasteiger partial charge in [-0.1, -0.05) is 42.5 Å². The van der Waals surface area contributed by atoms with Crippen molar-refractivity contribution in [2.45, 2.75) is 4.90 Å². The van der Waals surface area contributed by atoms with Crippen molar-refractivity contribution in [3.63, 3.8) is 0 Å². The lowest BCUT2D eigenvalue weighted by atomic mass is 10.1. The number of nitrogens with one attached hydrogen (secondary N) is 3. The van der Waals surface area contributed by atoms with Gasteiger partial charge in [0.15, 0.2) is 11.5 Å². The van der Waals surface area contributed by atoms with Crippen LogP contribution in [0.1, 0.15) is 15.9 Å². The highest BCUT2D eigenvalue weighted by atomic mass is 79.9. The summed E-state index contributed by atoms with van der Waals surface area (Å²) >= 11 is 4.79. The third-order valence-corrected chi connectivity index (χ3v) is 7.60. The van der Waals surface area contributed by atoms with Crippen molar-refractivity contribution in [1.29, 1.82) is 0 Å². The molecule has 0 fully saturated rings. The van der Waals surface area contributed by atoms with Crippen LogP contribution >= 0.6 is 27.7 Å². The monoisotopic (exact) mass is 645 g/mol. The van der Waals surface area contributed by atoms with E-state index in [4.69, 9.17) is 9.47 Å². The predicted molar refractivity (Wildman–Crippen MR) is 170 cm³/mol. The molecule has 0 heterocycles. The van der Waals surface area contributed by atoms with Crippen LogP contribution in [0.3, 0.4) is 0 Å². The molecular weight excluding hydrogens is 618 g/mol. The van der Waals surface area contributed by atoms with Crippen molar-refractivity contribution in [3.05, 3.63) is 118 Å². The summed E-state index contributed by atoms with van der Waals surface area (Å²) < 4.78 is 11.7. The number of amides is 3. The van der Waals surface area contributed by atoms with E-state index >= 15 is 0 Å². The molecule has 0 spiro atoms. The van der Waals surface area contributed by atoms with Gasteiger partial charge < -0.3 is 25.4 Å². The normalized spacial score (nSPS) is 10.9. The fraction of sp³-hybridized carbons (Fsp3) is 0.0938. The van der Waals surface area contributed by atoms with Crippen molar-refractivity contribution in [2.24, 2.45) is 0 Å². The molecule has 42 heavy (non-hydrogen) atoms. The molecule has 0 aliphatic rings. The Morgan fingerprint density at radius 1 is 0.810 bits per heavy atom. The Hall–Kier alpha value is -4.54. The molecule has 3 N–H and O–H groups in total. The average molecular weight is 647 g/mol. The number of rotatable bonds is 11. The molecule has 0 saturated carbocycles.